The molecule has 0 radical (unpaired) electrons. The monoisotopic (exact) mass is 211 g/mol. The molecule has 1 atom stereocenters. The Bertz CT molecular complexity index is 204. The molecule has 0 aliphatic rings. The fourth-order valence-corrected chi connectivity index (χ4v) is 1.77. The molecule has 1 nitrogen and oxygen atoms in total. The maximum absolute atomic E-state index is 3.95. The van der Waals surface area contributed by atoms with E-state index in [4.69, 9.17) is 0 Å². The Morgan fingerprint density at radius 3 is 2.00 bits per heavy atom. The van der Waals surface area contributed by atoms with Gasteiger partial charge in [-0.15, -0.1) is 19.7 Å². The zero-order chi connectivity index (χ0) is 11.1. The summed E-state index contributed by atoms with van der Waals surface area (Å²) >= 11 is 0. The minimum atomic E-state index is 0.480. The quantitative estimate of drug-likeness (QED) is 0.459. The molecule has 0 aliphatic heterocycles. The van der Waals surface area contributed by atoms with E-state index in [1.807, 2.05) is 6.08 Å². The first-order chi connectivity index (χ1) is 6.47. The van der Waals surface area contributed by atoms with E-state index >= 15 is 0 Å². The van der Waals surface area contributed by atoms with Crippen molar-refractivity contribution in [2.24, 2.45) is 0 Å². The highest BCUT2D eigenvalue weighted by Gasteiger charge is 2.13. The van der Waals surface area contributed by atoms with Crippen molar-refractivity contribution in [2.75, 3.05) is 6.54 Å². The van der Waals surface area contributed by atoms with E-state index < -0.39 is 0 Å². The predicted octanol–water partition coefficient (Wildman–Crippen LogP) is 3.57. The van der Waals surface area contributed by atoms with E-state index in [9.17, 15) is 0 Å². The lowest BCUT2D eigenvalue weighted by atomic mass is 10.0. The van der Waals surface area contributed by atoms with Crippen LogP contribution in [0.3, 0.4) is 0 Å². The highest BCUT2D eigenvalue weighted by Crippen LogP contribution is 2.20. The van der Waals surface area contributed by atoms with Crippen LogP contribution >= 0.6 is 9.39 Å². The van der Waals surface area contributed by atoms with Gasteiger partial charge in [-0.2, -0.15) is 0 Å². The second-order valence-corrected chi connectivity index (χ2v) is 4.63. The smallest absolute Gasteiger partial charge is 0.0207 e. The zero-order valence-electron chi connectivity index (χ0n) is 9.42. The van der Waals surface area contributed by atoms with E-state index in [0.29, 0.717) is 6.04 Å². The lowest BCUT2D eigenvalue weighted by Gasteiger charge is -2.27. The Balaban J connectivity index is 4.28. The molecular formula is C12H22NP. The molecule has 1 unspecified atom stereocenters. The zero-order valence-corrected chi connectivity index (χ0v) is 10.6. The van der Waals surface area contributed by atoms with Gasteiger partial charge in [0.2, 0.25) is 0 Å². The molecule has 0 saturated heterocycles. The fourth-order valence-electron chi connectivity index (χ4n) is 1.41. The van der Waals surface area contributed by atoms with Crippen molar-refractivity contribution >= 4 is 9.39 Å². The van der Waals surface area contributed by atoms with Crippen LogP contribution in [0.2, 0.25) is 0 Å². The van der Waals surface area contributed by atoms with Crippen LogP contribution in [-0.2, 0) is 0 Å². The number of rotatable bonds is 7. The van der Waals surface area contributed by atoms with Crippen LogP contribution in [0.5, 0.6) is 0 Å². The van der Waals surface area contributed by atoms with Gasteiger partial charge in [0.05, 0.1) is 0 Å². The molecule has 0 rings (SSSR count). The molecule has 0 aromatic heterocycles. The molecule has 0 bridgehead atoms. The summed E-state index contributed by atoms with van der Waals surface area (Å²) in [6.45, 7) is 16.7. The normalized spacial score (nSPS) is 10.6. The molecule has 80 valence electrons. The van der Waals surface area contributed by atoms with Crippen LogP contribution in [0.15, 0.2) is 37.0 Å². The third-order valence-corrected chi connectivity index (χ3v) is 2.61. The Kier molecular flexibility index (Phi) is 6.78. The predicted molar refractivity (Wildman–Crippen MR) is 69.3 cm³/mol. The molecule has 0 aliphatic carbocycles. The minimum Gasteiger partial charge on any atom is -0.280 e. The summed E-state index contributed by atoms with van der Waals surface area (Å²) in [6, 6.07) is 0.480. The summed E-state index contributed by atoms with van der Waals surface area (Å²) in [5.41, 5.74) is 2.43. The first-order valence-corrected chi connectivity index (χ1v) is 5.40. The van der Waals surface area contributed by atoms with Crippen LogP contribution in [0.4, 0.5) is 0 Å². The van der Waals surface area contributed by atoms with Gasteiger partial charge in [-0.05, 0) is 26.7 Å². The number of nitrogens with zero attached hydrogens (tertiary/aromatic N) is 1. The summed E-state index contributed by atoms with van der Waals surface area (Å²) in [5, 5.41) is 0. The first-order valence-electron chi connectivity index (χ1n) is 4.88. The van der Waals surface area contributed by atoms with Crippen LogP contribution in [0.1, 0.15) is 26.7 Å². The molecular weight excluding hydrogens is 189 g/mol. The van der Waals surface area contributed by atoms with Gasteiger partial charge >= 0.3 is 0 Å². The lowest BCUT2D eigenvalue weighted by molar-refractivity contribution is 0.371. The van der Waals surface area contributed by atoms with Gasteiger partial charge in [0.25, 0.3) is 0 Å². The standard InChI is InChI=1S/C12H22NP/c1-6-7-13(14)12(8-10(2)3)9-11(4)5/h6,12H,1-2,4,7-9,14H2,3,5H3. The van der Waals surface area contributed by atoms with Gasteiger partial charge in [-0.3, -0.25) is 4.67 Å². The highest BCUT2D eigenvalue weighted by atomic mass is 31.0. The Morgan fingerprint density at radius 2 is 1.71 bits per heavy atom. The summed E-state index contributed by atoms with van der Waals surface area (Å²) in [4.78, 5) is 0. The van der Waals surface area contributed by atoms with Crippen molar-refractivity contribution in [2.45, 2.75) is 32.7 Å². The highest BCUT2D eigenvalue weighted by molar-refractivity contribution is 7.13. The van der Waals surface area contributed by atoms with Crippen molar-refractivity contribution in [3.05, 3.63) is 37.0 Å². The Morgan fingerprint density at radius 1 is 1.29 bits per heavy atom. The molecule has 0 amide bonds. The molecule has 0 aromatic rings. The molecule has 0 spiro atoms. The topological polar surface area (TPSA) is 3.24 Å². The van der Waals surface area contributed by atoms with E-state index in [0.717, 1.165) is 19.4 Å². The van der Waals surface area contributed by atoms with Crippen LogP contribution < -0.4 is 0 Å². The van der Waals surface area contributed by atoms with E-state index in [1.54, 1.807) is 0 Å². The maximum atomic E-state index is 3.95. The summed E-state index contributed by atoms with van der Waals surface area (Å²) in [5.74, 6) is 0. The maximum Gasteiger partial charge on any atom is 0.0207 e. The average molecular weight is 211 g/mol. The van der Waals surface area contributed by atoms with Crippen molar-refractivity contribution in [3.63, 3.8) is 0 Å². The third kappa shape index (κ3) is 6.12. The van der Waals surface area contributed by atoms with Crippen LogP contribution in [0.25, 0.3) is 0 Å². The number of hydrogen-bond donors (Lipinski definition) is 0. The summed E-state index contributed by atoms with van der Waals surface area (Å²) < 4.78 is 2.22. The van der Waals surface area contributed by atoms with Gasteiger partial charge < -0.3 is 0 Å². The molecule has 0 saturated carbocycles. The van der Waals surface area contributed by atoms with Crippen molar-refractivity contribution in [3.8, 4) is 0 Å². The van der Waals surface area contributed by atoms with Gasteiger partial charge in [-0.25, -0.2) is 0 Å². The molecule has 2 heteroatoms. The van der Waals surface area contributed by atoms with Crippen LogP contribution in [-0.4, -0.2) is 17.3 Å². The average Bonchev–Trinajstić information content (AvgIpc) is 2.01. The minimum absolute atomic E-state index is 0.480. The van der Waals surface area contributed by atoms with Crippen molar-refractivity contribution in [1.29, 1.82) is 0 Å². The van der Waals surface area contributed by atoms with Crippen molar-refractivity contribution in [1.82, 2.24) is 4.67 Å². The summed E-state index contributed by atoms with van der Waals surface area (Å²) in [7, 11) is 2.75. The third-order valence-electron chi connectivity index (χ3n) is 1.98. The van der Waals surface area contributed by atoms with E-state index in [1.165, 1.54) is 11.1 Å². The summed E-state index contributed by atoms with van der Waals surface area (Å²) in [6.07, 6.45) is 3.95. The van der Waals surface area contributed by atoms with Crippen LogP contribution in [0, 0.1) is 0 Å². The molecule has 0 heterocycles. The van der Waals surface area contributed by atoms with Gasteiger partial charge in [0, 0.05) is 12.6 Å². The van der Waals surface area contributed by atoms with E-state index in [-0.39, 0.29) is 0 Å². The first kappa shape index (κ1) is 13.6. The second-order valence-electron chi connectivity index (χ2n) is 3.96. The molecule has 14 heavy (non-hydrogen) atoms. The molecule has 0 fully saturated rings. The Hall–Kier alpha value is -0.390. The fraction of sp³-hybridized carbons (Fsp3) is 0.500. The number of hydrogen-bond acceptors (Lipinski definition) is 1. The SMILES string of the molecule is C=CCN(P)C(CC(=C)C)CC(=C)C. The lowest BCUT2D eigenvalue weighted by Crippen LogP contribution is -2.27. The second kappa shape index (κ2) is 6.98. The Labute approximate surface area is 90.8 Å². The van der Waals surface area contributed by atoms with Gasteiger partial charge in [0.15, 0.2) is 0 Å². The van der Waals surface area contributed by atoms with E-state index in [2.05, 4.69) is 47.6 Å². The van der Waals surface area contributed by atoms with Gasteiger partial charge in [-0.1, -0.05) is 26.6 Å². The largest absolute Gasteiger partial charge is 0.280 e. The molecule has 0 N–H and O–H groups in total. The van der Waals surface area contributed by atoms with Gasteiger partial charge in [0.1, 0.15) is 0 Å². The van der Waals surface area contributed by atoms with Crippen molar-refractivity contribution < 1.29 is 0 Å². The molecule has 0 aromatic carbocycles.